The highest BCUT2D eigenvalue weighted by atomic mass is 35.5. The summed E-state index contributed by atoms with van der Waals surface area (Å²) in [4.78, 5) is 12.4. The minimum Gasteiger partial charge on any atom is -0.381 e. The van der Waals surface area contributed by atoms with E-state index in [1.807, 2.05) is 24.3 Å². The van der Waals surface area contributed by atoms with Crippen molar-refractivity contribution < 1.29 is 9.53 Å². The van der Waals surface area contributed by atoms with Crippen LogP contribution in [0.5, 0.6) is 0 Å². The number of halogens is 1. The molecule has 26 heavy (non-hydrogen) atoms. The van der Waals surface area contributed by atoms with E-state index < -0.39 is 0 Å². The molecule has 2 aromatic rings. The zero-order chi connectivity index (χ0) is 18.4. The second-order valence-corrected chi connectivity index (χ2v) is 7.55. The van der Waals surface area contributed by atoms with Crippen molar-refractivity contribution in [2.24, 2.45) is 0 Å². The Labute approximate surface area is 160 Å². The number of ether oxygens (including phenoxy) is 1. The number of carbonyl (C=O) groups excluding carboxylic acids is 1. The molecule has 1 N–H and O–H groups in total. The van der Waals surface area contributed by atoms with E-state index in [-0.39, 0.29) is 11.3 Å². The molecule has 0 aliphatic carbocycles. The van der Waals surface area contributed by atoms with Crippen molar-refractivity contribution in [2.45, 2.75) is 38.0 Å². The topological polar surface area (TPSA) is 38.3 Å². The van der Waals surface area contributed by atoms with Gasteiger partial charge in [-0.2, -0.15) is 0 Å². The van der Waals surface area contributed by atoms with Crippen LogP contribution in [0, 0.1) is 6.92 Å². The quantitative estimate of drug-likeness (QED) is 0.814. The Bertz CT molecular complexity index is 753. The van der Waals surface area contributed by atoms with Crippen molar-refractivity contribution in [3.05, 3.63) is 70.2 Å². The summed E-state index contributed by atoms with van der Waals surface area (Å²) in [6, 6.07) is 16.2. The van der Waals surface area contributed by atoms with Crippen LogP contribution in [0.1, 0.15) is 36.0 Å². The lowest BCUT2D eigenvalue weighted by Gasteiger charge is -2.39. The molecule has 1 aliphatic heterocycles. The maximum atomic E-state index is 12.4. The van der Waals surface area contributed by atoms with E-state index in [9.17, 15) is 4.79 Å². The predicted molar refractivity (Wildman–Crippen MR) is 106 cm³/mol. The van der Waals surface area contributed by atoms with Crippen molar-refractivity contribution >= 4 is 17.5 Å². The molecule has 138 valence electrons. The minimum atomic E-state index is -0.0324. The first-order valence-electron chi connectivity index (χ1n) is 9.24. The van der Waals surface area contributed by atoms with Gasteiger partial charge in [0.05, 0.1) is 0 Å². The van der Waals surface area contributed by atoms with Gasteiger partial charge in [0.2, 0.25) is 5.91 Å². The van der Waals surface area contributed by atoms with Gasteiger partial charge in [0.25, 0.3) is 0 Å². The molecular weight excluding hydrogens is 346 g/mol. The summed E-state index contributed by atoms with van der Waals surface area (Å²) in [6.07, 6.45) is 3.05. The summed E-state index contributed by atoms with van der Waals surface area (Å²) in [7, 11) is 0. The van der Waals surface area contributed by atoms with E-state index in [1.54, 1.807) is 0 Å². The summed E-state index contributed by atoms with van der Waals surface area (Å²) >= 11 is 6.01. The van der Waals surface area contributed by atoms with E-state index in [4.69, 9.17) is 16.3 Å². The Morgan fingerprint density at radius 3 is 2.65 bits per heavy atom. The minimum absolute atomic E-state index is 0.0324. The Hall–Kier alpha value is -1.84. The number of rotatable bonds is 6. The van der Waals surface area contributed by atoms with Gasteiger partial charge in [-0.1, -0.05) is 48.0 Å². The number of carbonyl (C=O) groups is 1. The van der Waals surface area contributed by atoms with Gasteiger partial charge >= 0.3 is 0 Å². The maximum Gasteiger partial charge on any atom is 0.220 e. The third-order valence-corrected chi connectivity index (χ3v) is 5.56. The van der Waals surface area contributed by atoms with Crippen LogP contribution in [0.15, 0.2) is 48.5 Å². The van der Waals surface area contributed by atoms with Crippen LogP contribution in [0.25, 0.3) is 0 Å². The molecule has 1 fully saturated rings. The zero-order valence-electron chi connectivity index (χ0n) is 15.3. The van der Waals surface area contributed by atoms with Gasteiger partial charge in [-0.25, -0.2) is 0 Å². The average Bonchev–Trinajstić information content (AvgIpc) is 2.66. The monoisotopic (exact) mass is 371 g/mol. The molecule has 2 aromatic carbocycles. The molecule has 0 bridgehead atoms. The Morgan fingerprint density at radius 1 is 1.15 bits per heavy atom. The van der Waals surface area contributed by atoms with Crippen molar-refractivity contribution in [2.75, 3.05) is 19.8 Å². The number of benzene rings is 2. The lowest BCUT2D eigenvalue weighted by atomic mass is 9.72. The Kier molecular flexibility index (Phi) is 6.33. The van der Waals surface area contributed by atoms with E-state index in [0.29, 0.717) is 24.4 Å². The van der Waals surface area contributed by atoms with Crippen LogP contribution < -0.4 is 5.32 Å². The largest absolute Gasteiger partial charge is 0.381 e. The zero-order valence-corrected chi connectivity index (χ0v) is 16.0. The Balaban J connectivity index is 1.63. The fourth-order valence-electron chi connectivity index (χ4n) is 3.78. The van der Waals surface area contributed by atoms with Gasteiger partial charge < -0.3 is 10.1 Å². The SMILES string of the molecule is Cc1ccccc1C1(CNC(=O)CCc2cccc(Cl)c2)CCOCC1. The average molecular weight is 372 g/mol. The van der Waals surface area contributed by atoms with Crippen LogP contribution in [-0.2, 0) is 21.4 Å². The van der Waals surface area contributed by atoms with E-state index in [2.05, 4.69) is 36.5 Å². The van der Waals surface area contributed by atoms with Crippen molar-refractivity contribution in [1.29, 1.82) is 0 Å². The Morgan fingerprint density at radius 2 is 1.92 bits per heavy atom. The highest BCUT2D eigenvalue weighted by Gasteiger charge is 2.35. The normalized spacial score (nSPS) is 16.2. The molecule has 0 aromatic heterocycles. The first-order chi connectivity index (χ1) is 12.6. The fraction of sp³-hybridized carbons (Fsp3) is 0.409. The van der Waals surface area contributed by atoms with E-state index in [1.165, 1.54) is 11.1 Å². The first kappa shape index (κ1) is 18.9. The summed E-state index contributed by atoms with van der Waals surface area (Å²) < 4.78 is 5.58. The third kappa shape index (κ3) is 4.66. The summed E-state index contributed by atoms with van der Waals surface area (Å²) in [5.41, 5.74) is 3.67. The molecule has 0 saturated carbocycles. The number of amides is 1. The molecule has 1 heterocycles. The molecule has 3 nitrogen and oxygen atoms in total. The van der Waals surface area contributed by atoms with Gasteiger partial charge in [-0.05, 0) is 55.0 Å². The number of hydrogen-bond acceptors (Lipinski definition) is 2. The lowest BCUT2D eigenvalue weighted by molar-refractivity contribution is -0.121. The molecule has 1 aliphatic rings. The third-order valence-electron chi connectivity index (χ3n) is 5.32. The van der Waals surface area contributed by atoms with Gasteiger partial charge in [0, 0.05) is 36.6 Å². The molecule has 1 amide bonds. The maximum absolute atomic E-state index is 12.4. The van der Waals surface area contributed by atoms with E-state index in [0.717, 1.165) is 31.6 Å². The molecule has 4 heteroatoms. The summed E-state index contributed by atoms with van der Waals surface area (Å²) in [6.45, 7) is 4.29. The molecule has 0 radical (unpaired) electrons. The molecular formula is C22H26ClNO2. The highest BCUT2D eigenvalue weighted by molar-refractivity contribution is 6.30. The van der Waals surface area contributed by atoms with Crippen LogP contribution in [-0.4, -0.2) is 25.7 Å². The molecule has 0 atom stereocenters. The second kappa shape index (κ2) is 8.70. The smallest absolute Gasteiger partial charge is 0.220 e. The van der Waals surface area contributed by atoms with Gasteiger partial charge in [0.1, 0.15) is 0 Å². The molecule has 0 unspecified atom stereocenters. The van der Waals surface area contributed by atoms with Crippen LogP contribution in [0.2, 0.25) is 5.02 Å². The standard InChI is InChI=1S/C22H26ClNO2/c1-17-5-2-3-8-20(17)22(11-13-26-14-12-22)16-24-21(25)10-9-18-6-4-7-19(23)15-18/h2-8,15H,9-14,16H2,1H3,(H,24,25). The molecule has 0 spiro atoms. The number of aryl methyl sites for hydroxylation is 2. The first-order valence-corrected chi connectivity index (χ1v) is 9.62. The fourth-order valence-corrected chi connectivity index (χ4v) is 3.99. The second-order valence-electron chi connectivity index (χ2n) is 7.11. The molecule has 1 saturated heterocycles. The van der Waals surface area contributed by atoms with Gasteiger partial charge in [-0.3, -0.25) is 4.79 Å². The van der Waals surface area contributed by atoms with Gasteiger partial charge in [0.15, 0.2) is 0 Å². The number of hydrogen-bond donors (Lipinski definition) is 1. The summed E-state index contributed by atoms with van der Waals surface area (Å²) in [5.74, 6) is 0.0874. The van der Waals surface area contributed by atoms with Crippen molar-refractivity contribution in [1.82, 2.24) is 5.32 Å². The van der Waals surface area contributed by atoms with E-state index >= 15 is 0 Å². The van der Waals surface area contributed by atoms with Crippen LogP contribution in [0.3, 0.4) is 0 Å². The lowest BCUT2D eigenvalue weighted by Crippen LogP contribution is -2.45. The highest BCUT2D eigenvalue weighted by Crippen LogP contribution is 2.36. The van der Waals surface area contributed by atoms with Crippen molar-refractivity contribution in [3.63, 3.8) is 0 Å². The predicted octanol–water partition coefficient (Wildman–Crippen LogP) is 4.45. The molecule has 3 rings (SSSR count). The van der Waals surface area contributed by atoms with Crippen LogP contribution >= 0.6 is 11.6 Å². The number of nitrogens with one attached hydrogen (secondary N) is 1. The van der Waals surface area contributed by atoms with Crippen LogP contribution in [0.4, 0.5) is 0 Å². The van der Waals surface area contributed by atoms with Crippen molar-refractivity contribution in [3.8, 4) is 0 Å². The van der Waals surface area contributed by atoms with Gasteiger partial charge in [-0.15, -0.1) is 0 Å². The summed E-state index contributed by atoms with van der Waals surface area (Å²) in [5, 5.41) is 3.89.